The molecule has 33 heavy (non-hydrogen) atoms. The molecule has 1 aliphatic rings. The van der Waals surface area contributed by atoms with Crippen LogP contribution in [0.25, 0.3) is 0 Å². The molecule has 0 fully saturated rings. The number of nitrogens with one attached hydrogen (secondary N) is 1. The van der Waals surface area contributed by atoms with E-state index in [1.54, 1.807) is 6.20 Å². The zero-order chi connectivity index (χ0) is 25.4. The van der Waals surface area contributed by atoms with Crippen molar-refractivity contribution in [2.75, 3.05) is 27.2 Å². The normalized spacial score (nSPS) is 14.9. The van der Waals surface area contributed by atoms with Crippen LogP contribution < -0.4 is 5.32 Å². The van der Waals surface area contributed by atoms with Crippen molar-refractivity contribution in [3.8, 4) is 0 Å². The lowest BCUT2D eigenvalue weighted by Gasteiger charge is -2.19. The molecule has 0 radical (unpaired) electrons. The summed E-state index contributed by atoms with van der Waals surface area (Å²) >= 11 is 0. The number of nitrogens with zero attached hydrogens (tertiary/aromatic N) is 2. The molecule has 0 spiro atoms. The summed E-state index contributed by atoms with van der Waals surface area (Å²) in [7, 11) is 3.83. The first-order chi connectivity index (χ1) is 15.5. The molecule has 1 aromatic rings. The maximum atomic E-state index is 12.1. The summed E-state index contributed by atoms with van der Waals surface area (Å²) < 4.78 is 0. The standard InChI is InChI=1S/C13H19N3O.2C4H4O4/c1-14-7-5-10-8-12-11(4-3-6-15-12)13(17)16(2)9-10;2*5-3(6)1-2-4(7)8/h3-4,6,10,14H,5,7-9H2,1-2H3;2*1-2H,(H,5,6)(H,7,8)/b;2*2-1+. The summed E-state index contributed by atoms with van der Waals surface area (Å²) in [5.41, 5.74) is 1.71. The quantitative estimate of drug-likeness (QED) is 0.349. The Kier molecular flexibility index (Phi) is 13.8. The van der Waals surface area contributed by atoms with Gasteiger partial charge in [0, 0.05) is 44.1 Å². The number of pyridine rings is 1. The molecule has 0 aromatic carbocycles. The molecule has 12 heteroatoms. The van der Waals surface area contributed by atoms with Crippen LogP contribution in [-0.2, 0) is 25.6 Å². The van der Waals surface area contributed by atoms with Crippen LogP contribution >= 0.6 is 0 Å². The molecule has 0 bridgehead atoms. The molecule has 2 heterocycles. The maximum absolute atomic E-state index is 12.1. The molecule has 5 N–H and O–H groups in total. The van der Waals surface area contributed by atoms with Gasteiger partial charge >= 0.3 is 23.9 Å². The fourth-order valence-corrected chi connectivity index (χ4v) is 2.64. The van der Waals surface area contributed by atoms with Crippen molar-refractivity contribution in [2.24, 2.45) is 5.92 Å². The second-order valence-corrected chi connectivity index (χ2v) is 6.67. The molecule has 1 amide bonds. The van der Waals surface area contributed by atoms with Gasteiger partial charge in [-0.1, -0.05) is 0 Å². The van der Waals surface area contributed by atoms with Crippen LogP contribution in [0.15, 0.2) is 42.6 Å². The van der Waals surface area contributed by atoms with Crippen molar-refractivity contribution in [3.63, 3.8) is 0 Å². The monoisotopic (exact) mass is 465 g/mol. The molecule has 1 atom stereocenters. The van der Waals surface area contributed by atoms with E-state index in [1.165, 1.54) is 0 Å². The van der Waals surface area contributed by atoms with Crippen molar-refractivity contribution >= 4 is 29.8 Å². The molecule has 2 rings (SSSR count). The lowest BCUT2D eigenvalue weighted by atomic mass is 9.98. The van der Waals surface area contributed by atoms with Gasteiger partial charge in [-0.3, -0.25) is 9.78 Å². The summed E-state index contributed by atoms with van der Waals surface area (Å²) in [5, 5.41) is 34.4. The van der Waals surface area contributed by atoms with Gasteiger partial charge in [0.2, 0.25) is 0 Å². The lowest BCUT2D eigenvalue weighted by molar-refractivity contribution is -0.134. The predicted molar refractivity (Wildman–Crippen MR) is 116 cm³/mol. The topological polar surface area (TPSA) is 194 Å². The van der Waals surface area contributed by atoms with E-state index in [0.717, 1.165) is 37.2 Å². The number of fused-ring (bicyclic) bond motifs is 1. The van der Waals surface area contributed by atoms with Crippen molar-refractivity contribution in [2.45, 2.75) is 12.8 Å². The first-order valence-corrected chi connectivity index (χ1v) is 9.59. The van der Waals surface area contributed by atoms with Gasteiger partial charge in [-0.2, -0.15) is 0 Å². The SMILES string of the molecule is CNCCC1Cc2ncccc2C(=O)N(C)C1.O=C(O)/C=C/C(=O)O.O=C(O)/C=C/C(=O)O. The van der Waals surface area contributed by atoms with Crippen LogP contribution in [0, 0.1) is 5.92 Å². The van der Waals surface area contributed by atoms with Crippen molar-refractivity contribution in [1.82, 2.24) is 15.2 Å². The fraction of sp³-hybridized carbons (Fsp3) is 0.333. The zero-order valence-electron chi connectivity index (χ0n) is 18.2. The minimum Gasteiger partial charge on any atom is -0.478 e. The molecule has 180 valence electrons. The highest BCUT2D eigenvalue weighted by Gasteiger charge is 2.25. The third-order valence-corrected chi connectivity index (χ3v) is 4.02. The van der Waals surface area contributed by atoms with Crippen molar-refractivity contribution < 1.29 is 44.4 Å². The number of carboxylic acid groups (broad SMARTS) is 4. The van der Waals surface area contributed by atoms with Gasteiger partial charge in [0.1, 0.15) is 0 Å². The van der Waals surface area contributed by atoms with Crippen LogP contribution in [0.4, 0.5) is 0 Å². The van der Waals surface area contributed by atoms with Gasteiger partial charge in [0.25, 0.3) is 5.91 Å². The Morgan fingerprint density at radius 2 is 1.52 bits per heavy atom. The number of hydrogen-bond donors (Lipinski definition) is 5. The summed E-state index contributed by atoms with van der Waals surface area (Å²) in [6, 6.07) is 3.71. The van der Waals surface area contributed by atoms with E-state index < -0.39 is 23.9 Å². The Balaban J connectivity index is 0.000000539. The number of aliphatic carboxylic acids is 4. The fourth-order valence-electron chi connectivity index (χ4n) is 2.64. The highest BCUT2D eigenvalue weighted by molar-refractivity contribution is 5.95. The van der Waals surface area contributed by atoms with Gasteiger partial charge < -0.3 is 30.6 Å². The first-order valence-electron chi connectivity index (χ1n) is 9.59. The van der Waals surface area contributed by atoms with Crippen LogP contribution in [0.5, 0.6) is 0 Å². The Morgan fingerprint density at radius 1 is 1.03 bits per heavy atom. The number of amides is 1. The Morgan fingerprint density at radius 3 is 1.94 bits per heavy atom. The molecule has 0 saturated carbocycles. The van der Waals surface area contributed by atoms with E-state index in [-0.39, 0.29) is 5.91 Å². The molecule has 0 saturated heterocycles. The number of carbonyl (C=O) groups is 5. The molecular weight excluding hydrogens is 438 g/mol. The largest absolute Gasteiger partial charge is 0.478 e. The molecule has 1 unspecified atom stereocenters. The Labute approximate surface area is 189 Å². The average molecular weight is 465 g/mol. The van der Waals surface area contributed by atoms with Crippen LogP contribution in [0.2, 0.25) is 0 Å². The second-order valence-electron chi connectivity index (χ2n) is 6.67. The van der Waals surface area contributed by atoms with Crippen molar-refractivity contribution in [3.05, 3.63) is 53.9 Å². The third kappa shape index (κ3) is 13.8. The second kappa shape index (κ2) is 15.7. The maximum Gasteiger partial charge on any atom is 0.328 e. The minimum atomic E-state index is -1.26. The van der Waals surface area contributed by atoms with E-state index in [1.807, 2.05) is 31.1 Å². The first kappa shape index (κ1) is 28.9. The smallest absolute Gasteiger partial charge is 0.328 e. The summed E-state index contributed by atoms with van der Waals surface area (Å²) in [4.78, 5) is 56.5. The molecule has 1 aromatic heterocycles. The highest BCUT2D eigenvalue weighted by atomic mass is 16.4. The molecular formula is C21H27N3O9. The Hall–Kier alpha value is -4.06. The van der Waals surface area contributed by atoms with E-state index in [2.05, 4.69) is 10.3 Å². The summed E-state index contributed by atoms with van der Waals surface area (Å²) in [6.45, 7) is 1.80. The number of aromatic nitrogens is 1. The number of carboxylic acids is 4. The van der Waals surface area contributed by atoms with Crippen LogP contribution in [-0.4, -0.2) is 87.3 Å². The number of carbonyl (C=O) groups excluding carboxylic acids is 1. The zero-order valence-corrected chi connectivity index (χ0v) is 18.2. The molecule has 0 aliphatic carbocycles. The van der Waals surface area contributed by atoms with E-state index in [4.69, 9.17) is 20.4 Å². The highest BCUT2D eigenvalue weighted by Crippen LogP contribution is 2.21. The summed E-state index contributed by atoms with van der Waals surface area (Å²) in [6.07, 6.45) is 5.97. The third-order valence-electron chi connectivity index (χ3n) is 4.02. The number of rotatable bonds is 7. The van der Waals surface area contributed by atoms with E-state index >= 15 is 0 Å². The predicted octanol–water partition coefficient (Wildman–Crippen LogP) is 0.359. The summed E-state index contributed by atoms with van der Waals surface area (Å²) in [5.74, 6) is -4.44. The van der Waals surface area contributed by atoms with Gasteiger partial charge in [-0.05, 0) is 44.5 Å². The number of hydrogen-bond acceptors (Lipinski definition) is 7. The van der Waals surface area contributed by atoms with E-state index in [9.17, 15) is 24.0 Å². The van der Waals surface area contributed by atoms with Crippen LogP contribution in [0.3, 0.4) is 0 Å². The van der Waals surface area contributed by atoms with Gasteiger partial charge in [0.05, 0.1) is 11.3 Å². The lowest BCUT2D eigenvalue weighted by Crippen LogP contribution is -2.30. The molecule has 12 nitrogen and oxygen atoms in total. The molecule has 1 aliphatic heterocycles. The Bertz CT molecular complexity index is 831. The van der Waals surface area contributed by atoms with Crippen LogP contribution in [0.1, 0.15) is 22.5 Å². The van der Waals surface area contributed by atoms with Gasteiger partial charge in [-0.15, -0.1) is 0 Å². The minimum absolute atomic E-state index is 0.0973. The van der Waals surface area contributed by atoms with Gasteiger partial charge in [-0.25, -0.2) is 19.2 Å². The van der Waals surface area contributed by atoms with Gasteiger partial charge in [0.15, 0.2) is 0 Å². The van der Waals surface area contributed by atoms with E-state index in [0.29, 0.717) is 30.2 Å². The van der Waals surface area contributed by atoms with Crippen molar-refractivity contribution in [1.29, 1.82) is 0 Å². The average Bonchev–Trinajstić information content (AvgIpc) is 2.86.